The molecule has 1 aromatic rings. The minimum Gasteiger partial charge on any atom is -0.461 e. The van der Waals surface area contributed by atoms with Crippen molar-refractivity contribution in [2.24, 2.45) is 0 Å². The third kappa shape index (κ3) is 4.77. The van der Waals surface area contributed by atoms with E-state index in [1.54, 1.807) is 18.2 Å². The first-order chi connectivity index (χ1) is 9.44. The lowest BCUT2D eigenvalue weighted by Gasteiger charge is -2.22. The van der Waals surface area contributed by atoms with Crippen molar-refractivity contribution < 1.29 is 17.9 Å². The van der Waals surface area contributed by atoms with Crippen LogP contribution in [0.5, 0.6) is 0 Å². The highest BCUT2D eigenvalue weighted by molar-refractivity contribution is 7.91. The molecule has 1 aliphatic rings. The van der Waals surface area contributed by atoms with E-state index in [-0.39, 0.29) is 30.6 Å². The summed E-state index contributed by atoms with van der Waals surface area (Å²) in [5, 5.41) is 3.59. The predicted octanol–water partition coefficient (Wildman–Crippen LogP) is 1.16. The van der Waals surface area contributed by atoms with Crippen molar-refractivity contribution in [3.63, 3.8) is 0 Å². The third-order valence-electron chi connectivity index (χ3n) is 3.00. The van der Waals surface area contributed by atoms with Gasteiger partial charge in [0.05, 0.1) is 17.9 Å². The number of ether oxygens (including phenoxy) is 1. The van der Waals surface area contributed by atoms with E-state index in [1.165, 1.54) is 0 Å². The molecule has 7 heteroatoms. The van der Waals surface area contributed by atoms with Crippen LogP contribution in [-0.4, -0.2) is 38.5 Å². The van der Waals surface area contributed by atoms with E-state index in [0.717, 1.165) is 5.56 Å². The molecule has 1 fully saturated rings. The third-order valence-corrected chi connectivity index (χ3v) is 4.97. The average Bonchev–Trinajstić information content (AvgIpc) is 2.35. The standard InChI is InChI=1S/C13H16ClNO4S/c14-11-3-1-2-10(6-11)8-19-13(16)7-12-9-20(17,18)5-4-15-12/h1-3,6,12,15H,4-5,7-9H2. The van der Waals surface area contributed by atoms with Gasteiger partial charge in [0.1, 0.15) is 6.61 Å². The largest absolute Gasteiger partial charge is 0.461 e. The van der Waals surface area contributed by atoms with E-state index in [1.807, 2.05) is 6.07 Å². The number of nitrogens with one attached hydrogen (secondary N) is 1. The number of rotatable bonds is 4. The molecule has 1 unspecified atom stereocenters. The van der Waals surface area contributed by atoms with Crippen molar-refractivity contribution in [1.82, 2.24) is 5.32 Å². The van der Waals surface area contributed by atoms with Gasteiger partial charge in [-0.3, -0.25) is 4.79 Å². The van der Waals surface area contributed by atoms with Gasteiger partial charge in [0, 0.05) is 17.6 Å². The van der Waals surface area contributed by atoms with Gasteiger partial charge in [0.25, 0.3) is 0 Å². The highest BCUT2D eigenvalue weighted by atomic mass is 35.5. The monoisotopic (exact) mass is 317 g/mol. The number of benzene rings is 1. The van der Waals surface area contributed by atoms with Gasteiger partial charge in [-0.2, -0.15) is 0 Å². The van der Waals surface area contributed by atoms with Crippen molar-refractivity contribution >= 4 is 27.4 Å². The van der Waals surface area contributed by atoms with Crippen molar-refractivity contribution in [2.75, 3.05) is 18.1 Å². The van der Waals surface area contributed by atoms with Crippen LogP contribution in [0.15, 0.2) is 24.3 Å². The van der Waals surface area contributed by atoms with Crippen LogP contribution in [0.2, 0.25) is 5.02 Å². The predicted molar refractivity (Wildman–Crippen MR) is 76.3 cm³/mol. The van der Waals surface area contributed by atoms with Gasteiger partial charge in [-0.1, -0.05) is 23.7 Å². The van der Waals surface area contributed by atoms with Gasteiger partial charge in [-0.25, -0.2) is 8.42 Å². The lowest BCUT2D eigenvalue weighted by atomic mass is 10.2. The van der Waals surface area contributed by atoms with Crippen LogP contribution in [0, 0.1) is 0 Å². The lowest BCUT2D eigenvalue weighted by molar-refractivity contribution is -0.145. The molecule has 0 aliphatic carbocycles. The van der Waals surface area contributed by atoms with Crippen LogP contribution in [0.25, 0.3) is 0 Å². The summed E-state index contributed by atoms with van der Waals surface area (Å²) in [5.41, 5.74) is 0.801. The Bertz CT molecular complexity index is 588. The van der Waals surface area contributed by atoms with E-state index in [2.05, 4.69) is 5.32 Å². The molecular formula is C13H16ClNO4S. The first kappa shape index (κ1) is 15.3. The van der Waals surface area contributed by atoms with Crippen LogP contribution in [-0.2, 0) is 26.0 Å². The molecule has 110 valence electrons. The first-order valence-electron chi connectivity index (χ1n) is 6.28. The molecule has 0 saturated carbocycles. The Labute approximate surface area is 123 Å². The Morgan fingerprint density at radius 2 is 2.25 bits per heavy atom. The van der Waals surface area contributed by atoms with E-state index in [0.29, 0.717) is 11.6 Å². The molecule has 20 heavy (non-hydrogen) atoms. The Kier molecular flexibility index (Phi) is 5.01. The molecule has 1 saturated heterocycles. The molecular weight excluding hydrogens is 302 g/mol. The van der Waals surface area contributed by atoms with Crippen molar-refractivity contribution in [1.29, 1.82) is 0 Å². The maximum Gasteiger partial charge on any atom is 0.307 e. The van der Waals surface area contributed by atoms with Gasteiger partial charge < -0.3 is 10.1 Å². The van der Waals surface area contributed by atoms with E-state index >= 15 is 0 Å². The summed E-state index contributed by atoms with van der Waals surface area (Å²) in [6.07, 6.45) is 0.0554. The SMILES string of the molecule is O=C(CC1CS(=O)(=O)CCN1)OCc1cccc(Cl)c1. The summed E-state index contributed by atoms with van der Waals surface area (Å²) in [4.78, 5) is 11.7. The van der Waals surface area contributed by atoms with Crippen LogP contribution in [0.1, 0.15) is 12.0 Å². The number of carbonyl (C=O) groups excluding carboxylic acids is 1. The lowest BCUT2D eigenvalue weighted by Crippen LogP contribution is -2.46. The maximum atomic E-state index is 11.7. The quantitative estimate of drug-likeness (QED) is 0.844. The molecule has 1 aromatic carbocycles. The van der Waals surface area contributed by atoms with Gasteiger partial charge in [0.15, 0.2) is 9.84 Å². The van der Waals surface area contributed by atoms with Gasteiger partial charge >= 0.3 is 5.97 Å². The molecule has 1 heterocycles. The van der Waals surface area contributed by atoms with Crippen molar-refractivity contribution in [3.8, 4) is 0 Å². The molecule has 1 N–H and O–H groups in total. The molecule has 5 nitrogen and oxygen atoms in total. The fourth-order valence-corrected chi connectivity index (χ4v) is 3.71. The molecule has 0 aromatic heterocycles. The maximum absolute atomic E-state index is 11.7. The van der Waals surface area contributed by atoms with E-state index in [4.69, 9.17) is 16.3 Å². The topological polar surface area (TPSA) is 72.5 Å². The summed E-state index contributed by atoms with van der Waals surface area (Å²) in [6.45, 7) is 0.521. The molecule has 0 spiro atoms. The second-order valence-electron chi connectivity index (χ2n) is 4.76. The molecule has 0 bridgehead atoms. The van der Waals surface area contributed by atoms with E-state index in [9.17, 15) is 13.2 Å². The second-order valence-corrected chi connectivity index (χ2v) is 7.43. The van der Waals surface area contributed by atoms with E-state index < -0.39 is 15.8 Å². The highest BCUT2D eigenvalue weighted by Gasteiger charge is 2.26. The zero-order valence-electron chi connectivity index (χ0n) is 10.8. The van der Waals surface area contributed by atoms with Crippen LogP contribution in [0.4, 0.5) is 0 Å². The number of esters is 1. The molecule has 1 aliphatic heterocycles. The van der Waals surface area contributed by atoms with Crippen LogP contribution in [0.3, 0.4) is 0 Å². The molecule has 0 radical (unpaired) electrons. The minimum atomic E-state index is -3.04. The number of hydrogen-bond acceptors (Lipinski definition) is 5. The summed E-state index contributed by atoms with van der Waals surface area (Å²) in [5.74, 6) is -0.306. The fraction of sp³-hybridized carbons (Fsp3) is 0.462. The molecule has 2 rings (SSSR count). The van der Waals surface area contributed by atoms with Gasteiger partial charge in [0.2, 0.25) is 0 Å². The summed E-state index contributed by atoms with van der Waals surface area (Å²) < 4.78 is 28.0. The minimum absolute atomic E-state index is 0.0146. The van der Waals surface area contributed by atoms with Crippen molar-refractivity contribution in [2.45, 2.75) is 19.1 Å². The van der Waals surface area contributed by atoms with Gasteiger partial charge in [-0.15, -0.1) is 0 Å². The molecule has 1 atom stereocenters. The van der Waals surface area contributed by atoms with Crippen molar-refractivity contribution in [3.05, 3.63) is 34.9 Å². The fourth-order valence-electron chi connectivity index (χ4n) is 2.05. The Morgan fingerprint density at radius 3 is 2.95 bits per heavy atom. The number of halogens is 1. The summed E-state index contributed by atoms with van der Waals surface area (Å²) >= 11 is 5.83. The Morgan fingerprint density at radius 1 is 1.45 bits per heavy atom. The first-order valence-corrected chi connectivity index (χ1v) is 8.48. The Balaban J connectivity index is 1.81. The highest BCUT2D eigenvalue weighted by Crippen LogP contribution is 2.12. The number of carbonyl (C=O) groups is 1. The average molecular weight is 318 g/mol. The van der Waals surface area contributed by atoms with Gasteiger partial charge in [-0.05, 0) is 17.7 Å². The number of sulfone groups is 1. The number of hydrogen-bond donors (Lipinski definition) is 1. The molecule has 0 amide bonds. The van der Waals surface area contributed by atoms with Crippen LogP contribution >= 0.6 is 11.6 Å². The second kappa shape index (κ2) is 6.56. The smallest absolute Gasteiger partial charge is 0.307 e. The zero-order valence-corrected chi connectivity index (χ0v) is 12.4. The summed E-state index contributed by atoms with van der Waals surface area (Å²) in [7, 11) is -3.04. The Hall–Kier alpha value is -1.11. The summed E-state index contributed by atoms with van der Waals surface area (Å²) in [6, 6.07) is 6.69. The van der Waals surface area contributed by atoms with Crippen LogP contribution < -0.4 is 5.32 Å². The normalized spacial score (nSPS) is 21.4. The zero-order chi connectivity index (χ0) is 14.6.